The summed E-state index contributed by atoms with van der Waals surface area (Å²) in [7, 11) is 0. The minimum atomic E-state index is -0.489. The van der Waals surface area contributed by atoms with E-state index in [-0.39, 0.29) is 30.6 Å². The zero-order valence-corrected chi connectivity index (χ0v) is 12.6. The average molecular weight is 319 g/mol. The van der Waals surface area contributed by atoms with Crippen LogP contribution in [0, 0.1) is 11.7 Å². The van der Waals surface area contributed by atoms with Gasteiger partial charge in [-0.1, -0.05) is 0 Å². The third kappa shape index (κ3) is 3.18. The lowest BCUT2D eigenvalue weighted by molar-refractivity contribution is -0.120. The van der Waals surface area contributed by atoms with Crippen molar-refractivity contribution >= 4 is 29.6 Å². The molecule has 1 aromatic rings. The molecule has 2 aliphatic heterocycles. The van der Waals surface area contributed by atoms with Gasteiger partial charge in [0.05, 0.1) is 11.4 Å². The Labute approximate surface area is 133 Å². The number of hydrogen-bond acceptors (Lipinski definition) is 4. The maximum Gasteiger partial charge on any atom is 0.328 e. The molecule has 3 amide bonds. The van der Waals surface area contributed by atoms with Crippen molar-refractivity contribution in [3.63, 3.8) is 0 Å². The predicted octanol–water partition coefficient (Wildman–Crippen LogP) is 1.69. The van der Waals surface area contributed by atoms with Crippen molar-refractivity contribution in [3.05, 3.63) is 24.0 Å². The van der Waals surface area contributed by atoms with Crippen LogP contribution in [-0.4, -0.2) is 37.9 Å². The fourth-order valence-corrected chi connectivity index (χ4v) is 3.05. The molecule has 2 heterocycles. The predicted molar refractivity (Wildman–Crippen MR) is 82.9 cm³/mol. The first-order valence-electron chi connectivity index (χ1n) is 7.69. The molecule has 0 radical (unpaired) electrons. The fraction of sp³-hybridized carbons (Fsp3) is 0.438. The molecule has 0 bridgehead atoms. The van der Waals surface area contributed by atoms with Crippen molar-refractivity contribution in [3.8, 4) is 0 Å². The number of nitrogens with zero attached hydrogens (tertiary/aromatic N) is 2. The zero-order chi connectivity index (χ0) is 16.4. The summed E-state index contributed by atoms with van der Waals surface area (Å²) >= 11 is 0. The Balaban J connectivity index is 1.88. The number of amides is 3. The maximum absolute atomic E-state index is 13.7. The van der Waals surface area contributed by atoms with Crippen molar-refractivity contribution in [2.45, 2.75) is 19.3 Å². The molecule has 0 unspecified atom stereocenters. The van der Waals surface area contributed by atoms with Crippen LogP contribution in [0.15, 0.2) is 18.2 Å². The molecule has 1 aromatic carbocycles. The van der Waals surface area contributed by atoms with Crippen LogP contribution in [0.25, 0.3) is 0 Å². The highest BCUT2D eigenvalue weighted by atomic mass is 19.1. The van der Waals surface area contributed by atoms with Gasteiger partial charge in [-0.3, -0.25) is 15.0 Å². The third-order valence-corrected chi connectivity index (χ3v) is 4.35. The van der Waals surface area contributed by atoms with Crippen LogP contribution in [0.1, 0.15) is 19.3 Å². The van der Waals surface area contributed by atoms with E-state index < -0.39 is 6.03 Å². The summed E-state index contributed by atoms with van der Waals surface area (Å²) in [5, 5.41) is 2.28. The normalized spacial score (nSPS) is 19.7. The number of piperidine rings is 1. The van der Waals surface area contributed by atoms with Gasteiger partial charge in [-0.15, -0.1) is 0 Å². The zero-order valence-electron chi connectivity index (χ0n) is 12.6. The molecule has 122 valence electrons. The second-order valence-electron chi connectivity index (χ2n) is 5.85. The Morgan fingerprint density at radius 2 is 1.87 bits per heavy atom. The van der Waals surface area contributed by atoms with Gasteiger partial charge in [0.15, 0.2) is 0 Å². The number of urea groups is 1. The number of rotatable bonds is 3. The molecule has 7 heteroatoms. The molecule has 1 N–H and O–H groups in total. The van der Waals surface area contributed by atoms with Gasteiger partial charge in [0.2, 0.25) is 5.91 Å². The summed E-state index contributed by atoms with van der Waals surface area (Å²) in [4.78, 5) is 37.7. The van der Waals surface area contributed by atoms with Gasteiger partial charge in [-0.2, -0.15) is 0 Å². The molecule has 2 fully saturated rings. The number of carbonyl (C=O) groups excluding carboxylic acids is 3. The Kier molecular flexibility index (Phi) is 4.27. The van der Waals surface area contributed by atoms with Gasteiger partial charge >= 0.3 is 6.03 Å². The fourth-order valence-electron chi connectivity index (χ4n) is 3.05. The Bertz CT molecular complexity index is 641. The van der Waals surface area contributed by atoms with Crippen molar-refractivity contribution in [1.82, 2.24) is 5.32 Å². The van der Waals surface area contributed by atoms with Gasteiger partial charge in [0.25, 0.3) is 0 Å². The van der Waals surface area contributed by atoms with E-state index in [1.54, 1.807) is 6.07 Å². The summed E-state index contributed by atoms with van der Waals surface area (Å²) in [5.74, 6) is -0.643. The minimum absolute atomic E-state index is 0.0409. The van der Waals surface area contributed by atoms with E-state index in [9.17, 15) is 18.8 Å². The molecule has 2 aliphatic rings. The molecule has 23 heavy (non-hydrogen) atoms. The van der Waals surface area contributed by atoms with E-state index in [0.717, 1.165) is 6.29 Å². The summed E-state index contributed by atoms with van der Waals surface area (Å²) < 4.78 is 13.7. The molecule has 6 nitrogen and oxygen atoms in total. The molecular formula is C16H18FN3O3. The van der Waals surface area contributed by atoms with Gasteiger partial charge in [0.1, 0.15) is 12.1 Å². The van der Waals surface area contributed by atoms with Crippen LogP contribution in [0.5, 0.6) is 0 Å². The van der Waals surface area contributed by atoms with Crippen LogP contribution in [0.2, 0.25) is 0 Å². The van der Waals surface area contributed by atoms with Gasteiger partial charge in [0, 0.05) is 32.0 Å². The second kappa shape index (κ2) is 6.36. The van der Waals surface area contributed by atoms with Crippen LogP contribution < -0.4 is 15.1 Å². The third-order valence-electron chi connectivity index (χ3n) is 4.35. The lowest BCUT2D eigenvalue weighted by atomic mass is 9.98. The lowest BCUT2D eigenvalue weighted by Gasteiger charge is -2.36. The lowest BCUT2D eigenvalue weighted by Crippen LogP contribution is -2.50. The number of hydrogen-bond donors (Lipinski definition) is 1. The van der Waals surface area contributed by atoms with Crippen molar-refractivity contribution < 1.29 is 18.8 Å². The first-order chi connectivity index (χ1) is 11.1. The molecule has 3 rings (SSSR count). The number of nitrogens with one attached hydrogen (secondary N) is 1. The first-order valence-corrected chi connectivity index (χ1v) is 7.69. The summed E-state index contributed by atoms with van der Waals surface area (Å²) in [6.07, 6.45) is 2.61. The van der Waals surface area contributed by atoms with E-state index in [0.29, 0.717) is 37.3 Å². The van der Waals surface area contributed by atoms with Crippen molar-refractivity contribution in [1.29, 1.82) is 0 Å². The van der Waals surface area contributed by atoms with E-state index in [2.05, 4.69) is 5.32 Å². The van der Waals surface area contributed by atoms with Gasteiger partial charge in [-0.25, -0.2) is 9.18 Å². The largest absolute Gasteiger partial charge is 0.370 e. The number of halogens is 1. The van der Waals surface area contributed by atoms with Gasteiger partial charge in [-0.05, 0) is 31.0 Å². The number of imide groups is 1. The highest BCUT2D eigenvalue weighted by Gasteiger charge is 2.28. The van der Waals surface area contributed by atoms with Crippen LogP contribution in [0.4, 0.5) is 20.6 Å². The average Bonchev–Trinajstić information content (AvgIpc) is 2.55. The van der Waals surface area contributed by atoms with Crippen molar-refractivity contribution in [2.24, 2.45) is 5.92 Å². The molecule has 0 aromatic heterocycles. The number of carbonyl (C=O) groups is 3. The van der Waals surface area contributed by atoms with E-state index in [4.69, 9.17) is 0 Å². The molecule has 0 aliphatic carbocycles. The maximum atomic E-state index is 13.7. The highest BCUT2D eigenvalue weighted by Crippen LogP contribution is 2.33. The van der Waals surface area contributed by atoms with E-state index in [1.807, 2.05) is 4.90 Å². The van der Waals surface area contributed by atoms with Crippen LogP contribution >= 0.6 is 0 Å². The number of aldehydes is 1. The first kappa shape index (κ1) is 15.5. The van der Waals surface area contributed by atoms with Crippen LogP contribution in [0.3, 0.4) is 0 Å². The number of benzene rings is 1. The monoisotopic (exact) mass is 319 g/mol. The highest BCUT2D eigenvalue weighted by molar-refractivity contribution is 6.07. The number of anilines is 2. The van der Waals surface area contributed by atoms with Crippen LogP contribution in [-0.2, 0) is 9.59 Å². The minimum Gasteiger partial charge on any atom is -0.370 e. The van der Waals surface area contributed by atoms with Gasteiger partial charge < -0.3 is 9.69 Å². The SMILES string of the molecule is O=CC1CCN(c2cc(F)ccc2N2CCC(=O)NC2=O)CC1. The van der Waals surface area contributed by atoms with E-state index in [1.165, 1.54) is 17.0 Å². The molecule has 0 atom stereocenters. The Hall–Kier alpha value is -2.44. The smallest absolute Gasteiger partial charge is 0.328 e. The summed E-state index contributed by atoms with van der Waals surface area (Å²) in [6, 6.07) is 3.78. The summed E-state index contributed by atoms with van der Waals surface area (Å²) in [5.41, 5.74) is 1.21. The Morgan fingerprint density at radius 3 is 2.52 bits per heavy atom. The molecule has 2 saturated heterocycles. The molecule has 0 saturated carbocycles. The topological polar surface area (TPSA) is 69.7 Å². The standard InChI is InChI=1S/C16H18FN3O3/c17-12-1-2-13(20-8-5-15(22)18-16(20)23)14(9-12)19-6-3-11(10-21)4-7-19/h1-2,9-11H,3-8H2,(H,18,22,23). The molecule has 0 spiro atoms. The Morgan fingerprint density at radius 1 is 1.13 bits per heavy atom. The molecular weight excluding hydrogens is 301 g/mol. The summed E-state index contributed by atoms with van der Waals surface area (Å²) in [6.45, 7) is 1.54. The second-order valence-corrected chi connectivity index (χ2v) is 5.85. The van der Waals surface area contributed by atoms with E-state index >= 15 is 0 Å². The quantitative estimate of drug-likeness (QED) is 0.861. The van der Waals surface area contributed by atoms with Crippen molar-refractivity contribution in [2.75, 3.05) is 29.4 Å².